The molecule has 30 heavy (non-hydrogen) atoms. The predicted octanol–water partition coefficient (Wildman–Crippen LogP) is 3.87. The van der Waals surface area contributed by atoms with Gasteiger partial charge in [-0.3, -0.25) is 4.79 Å². The number of ether oxygens (including phenoxy) is 2. The number of β-lactam (4-membered cyclic amide) rings is 1. The van der Waals surface area contributed by atoms with Crippen molar-refractivity contribution in [3.8, 4) is 5.75 Å². The number of likely N-dealkylation sites (tertiary alicyclic amines) is 1. The third-order valence-electron chi connectivity index (χ3n) is 6.87. The van der Waals surface area contributed by atoms with Gasteiger partial charge in [-0.2, -0.15) is 0 Å². The van der Waals surface area contributed by atoms with E-state index in [2.05, 4.69) is 30.4 Å². The van der Waals surface area contributed by atoms with E-state index in [4.69, 9.17) is 9.47 Å². The highest BCUT2D eigenvalue weighted by molar-refractivity contribution is 6.95. The average molecular weight is 449 g/mol. The molecule has 3 rings (SSSR count). The van der Waals surface area contributed by atoms with Crippen molar-refractivity contribution >= 4 is 28.3 Å². The SMILES string of the molecule is COC(=O)[C@@H](C(C)C)N1C(=O)[C@@H](N2[Si](C)(C)CC[Si]2(C)C)[C@@H]1c1ccc(OC)cc1. The molecule has 8 heteroatoms. The second-order valence-corrected chi connectivity index (χ2v) is 19.8. The van der Waals surface area contributed by atoms with Crippen molar-refractivity contribution in [1.82, 2.24) is 9.13 Å². The van der Waals surface area contributed by atoms with Crippen LogP contribution in [0.15, 0.2) is 24.3 Å². The molecule has 0 saturated carbocycles. The lowest BCUT2D eigenvalue weighted by Crippen LogP contribution is -2.75. The summed E-state index contributed by atoms with van der Waals surface area (Å²) in [5.74, 6) is 0.483. The number of methoxy groups -OCH3 is 2. The number of carbonyl (C=O) groups is 2. The van der Waals surface area contributed by atoms with E-state index in [1.165, 1.54) is 19.2 Å². The predicted molar refractivity (Wildman–Crippen MR) is 123 cm³/mol. The van der Waals surface area contributed by atoms with Gasteiger partial charge in [-0.25, -0.2) is 4.79 Å². The molecular formula is C22H36N2O4Si2. The van der Waals surface area contributed by atoms with Crippen LogP contribution in [0.3, 0.4) is 0 Å². The summed E-state index contributed by atoms with van der Waals surface area (Å²) < 4.78 is 13.1. The highest BCUT2D eigenvalue weighted by Crippen LogP contribution is 2.49. The molecule has 1 amide bonds. The van der Waals surface area contributed by atoms with Gasteiger partial charge in [0.15, 0.2) is 0 Å². The largest absolute Gasteiger partial charge is 0.497 e. The van der Waals surface area contributed by atoms with Crippen molar-refractivity contribution in [3.63, 3.8) is 0 Å². The second-order valence-electron chi connectivity index (χ2n) is 10.1. The molecule has 0 N–H and O–H groups in total. The molecule has 2 aliphatic rings. The first-order valence-corrected chi connectivity index (χ1v) is 17.1. The van der Waals surface area contributed by atoms with Crippen molar-refractivity contribution in [2.45, 2.75) is 70.2 Å². The molecule has 0 aliphatic carbocycles. The Bertz CT molecular complexity index is 794. The van der Waals surface area contributed by atoms with Gasteiger partial charge in [0.1, 0.15) is 34.3 Å². The van der Waals surface area contributed by atoms with Crippen LogP contribution in [-0.2, 0) is 14.3 Å². The highest BCUT2D eigenvalue weighted by Gasteiger charge is 2.62. The highest BCUT2D eigenvalue weighted by atomic mass is 28.4. The minimum absolute atomic E-state index is 0.0304. The van der Waals surface area contributed by atoms with Crippen LogP contribution in [0.2, 0.25) is 38.3 Å². The summed E-state index contributed by atoms with van der Waals surface area (Å²) in [4.78, 5) is 28.1. The third-order valence-corrected chi connectivity index (χ3v) is 17.1. The van der Waals surface area contributed by atoms with Crippen LogP contribution >= 0.6 is 0 Å². The maximum absolute atomic E-state index is 13.7. The van der Waals surface area contributed by atoms with Crippen molar-refractivity contribution in [2.24, 2.45) is 5.92 Å². The topological polar surface area (TPSA) is 59.1 Å². The summed E-state index contributed by atoms with van der Waals surface area (Å²) in [6, 6.07) is 9.49. The average Bonchev–Trinajstić information content (AvgIpc) is 2.91. The van der Waals surface area contributed by atoms with Crippen LogP contribution in [0, 0.1) is 5.92 Å². The van der Waals surface area contributed by atoms with Crippen molar-refractivity contribution in [3.05, 3.63) is 29.8 Å². The van der Waals surface area contributed by atoms with Crippen molar-refractivity contribution < 1.29 is 19.1 Å². The zero-order valence-electron chi connectivity index (χ0n) is 19.6. The fourth-order valence-electron chi connectivity index (χ4n) is 5.45. The van der Waals surface area contributed by atoms with Crippen molar-refractivity contribution in [2.75, 3.05) is 14.2 Å². The molecule has 0 unspecified atom stereocenters. The van der Waals surface area contributed by atoms with Gasteiger partial charge in [-0.15, -0.1) is 0 Å². The summed E-state index contributed by atoms with van der Waals surface area (Å²) >= 11 is 0. The quantitative estimate of drug-likeness (QED) is 0.376. The standard InChI is InChI=1S/C22H36N2O4Si2/c1-15(2)18(22(26)28-4)23-19(16-9-11-17(27-3)12-10-16)20(21(23)25)24-29(5,6)13-14-30(24,7)8/h9-12,15,18-20H,13-14H2,1-8H3/t18-,19+,20+/m1/s1. The number of carbonyl (C=O) groups excluding carboxylic acids is 2. The Labute approximate surface area is 182 Å². The molecule has 3 atom stereocenters. The van der Waals surface area contributed by atoms with E-state index in [1.807, 2.05) is 38.1 Å². The molecule has 1 aromatic rings. The van der Waals surface area contributed by atoms with E-state index in [-0.39, 0.29) is 29.9 Å². The second kappa shape index (κ2) is 8.13. The molecule has 0 aromatic heterocycles. The van der Waals surface area contributed by atoms with Crippen LogP contribution < -0.4 is 4.74 Å². The van der Waals surface area contributed by atoms with Crippen LogP contribution in [0.25, 0.3) is 0 Å². The monoisotopic (exact) mass is 448 g/mol. The number of amides is 1. The minimum atomic E-state index is -1.69. The molecular weight excluding hydrogens is 412 g/mol. The number of benzene rings is 1. The summed E-state index contributed by atoms with van der Waals surface area (Å²) in [5.41, 5.74) is 1.05. The van der Waals surface area contributed by atoms with Crippen LogP contribution in [0.1, 0.15) is 25.5 Å². The lowest BCUT2D eigenvalue weighted by molar-refractivity contribution is -0.172. The Morgan fingerprint density at radius 1 is 1.00 bits per heavy atom. The zero-order chi connectivity index (χ0) is 22.4. The third kappa shape index (κ3) is 3.73. The molecule has 2 saturated heterocycles. The van der Waals surface area contributed by atoms with Gasteiger partial charge >= 0.3 is 5.97 Å². The minimum Gasteiger partial charge on any atom is -0.497 e. The van der Waals surface area contributed by atoms with E-state index in [0.29, 0.717) is 0 Å². The first-order chi connectivity index (χ1) is 14.0. The van der Waals surface area contributed by atoms with Gasteiger partial charge in [0.2, 0.25) is 5.91 Å². The molecule has 2 heterocycles. The normalized spacial score (nSPS) is 26.4. The lowest BCUT2D eigenvalue weighted by atomic mass is 9.84. The van der Waals surface area contributed by atoms with E-state index in [0.717, 1.165) is 11.3 Å². The summed E-state index contributed by atoms with van der Waals surface area (Å²) in [5, 5.41) is 0. The van der Waals surface area contributed by atoms with Gasteiger partial charge < -0.3 is 18.6 Å². The van der Waals surface area contributed by atoms with Gasteiger partial charge in [0.05, 0.1) is 20.3 Å². The Balaban J connectivity index is 2.08. The Hall–Kier alpha value is -1.65. The molecule has 0 radical (unpaired) electrons. The fraction of sp³-hybridized carbons (Fsp3) is 0.636. The molecule has 0 spiro atoms. The van der Waals surface area contributed by atoms with Crippen molar-refractivity contribution in [1.29, 1.82) is 0 Å². The molecule has 2 fully saturated rings. The smallest absolute Gasteiger partial charge is 0.328 e. The van der Waals surface area contributed by atoms with Gasteiger partial charge in [-0.05, 0) is 35.7 Å². The molecule has 1 aromatic carbocycles. The van der Waals surface area contributed by atoms with E-state index >= 15 is 0 Å². The summed E-state index contributed by atoms with van der Waals surface area (Å²) in [6.45, 7) is 13.5. The first-order valence-electron chi connectivity index (χ1n) is 10.8. The molecule has 6 nitrogen and oxygen atoms in total. The van der Waals surface area contributed by atoms with Gasteiger partial charge in [0, 0.05) is 0 Å². The number of rotatable bonds is 6. The first kappa shape index (κ1) is 23.0. The molecule has 166 valence electrons. The van der Waals surface area contributed by atoms with Crippen LogP contribution in [0.5, 0.6) is 5.75 Å². The van der Waals surface area contributed by atoms with E-state index in [1.54, 1.807) is 12.0 Å². The molecule has 2 aliphatic heterocycles. The number of nitrogens with zero attached hydrogens (tertiary/aromatic N) is 2. The van der Waals surface area contributed by atoms with Gasteiger partial charge in [0.25, 0.3) is 0 Å². The van der Waals surface area contributed by atoms with Crippen LogP contribution in [0.4, 0.5) is 0 Å². The Morgan fingerprint density at radius 2 is 1.53 bits per heavy atom. The van der Waals surface area contributed by atoms with Gasteiger partial charge in [-0.1, -0.05) is 52.2 Å². The Morgan fingerprint density at radius 3 is 1.97 bits per heavy atom. The maximum Gasteiger partial charge on any atom is 0.328 e. The molecule has 0 bridgehead atoms. The number of hydrogen-bond donors (Lipinski definition) is 0. The fourth-order valence-corrected chi connectivity index (χ4v) is 20.1. The maximum atomic E-state index is 13.7. The number of hydrogen-bond acceptors (Lipinski definition) is 5. The van der Waals surface area contributed by atoms with E-state index in [9.17, 15) is 9.59 Å². The zero-order valence-corrected chi connectivity index (χ0v) is 21.6. The van der Waals surface area contributed by atoms with Crippen LogP contribution in [-0.4, -0.2) is 63.8 Å². The number of esters is 1. The lowest BCUT2D eigenvalue weighted by Gasteiger charge is -2.58. The van der Waals surface area contributed by atoms with E-state index < -0.39 is 22.5 Å². The summed E-state index contributed by atoms with van der Waals surface area (Å²) in [7, 11) is -0.339. The summed E-state index contributed by atoms with van der Waals surface area (Å²) in [6.07, 6.45) is 0. The Kier molecular flexibility index (Phi) is 6.24.